The zero-order valence-corrected chi connectivity index (χ0v) is 12.7. The number of carbonyl (C=O) groups is 3. The van der Waals surface area contributed by atoms with Crippen molar-refractivity contribution in [1.29, 1.82) is 0 Å². The minimum absolute atomic E-state index is 0.00636. The number of ether oxygens (including phenoxy) is 1. The van der Waals surface area contributed by atoms with Gasteiger partial charge in [0.05, 0.1) is 6.61 Å². The zero-order valence-electron chi connectivity index (χ0n) is 12.7. The van der Waals surface area contributed by atoms with E-state index < -0.39 is 12.0 Å². The third-order valence-corrected chi connectivity index (χ3v) is 3.58. The van der Waals surface area contributed by atoms with Crippen molar-refractivity contribution >= 4 is 17.8 Å². The van der Waals surface area contributed by atoms with E-state index in [-0.39, 0.29) is 30.5 Å². The molecule has 0 aromatic rings. The molecule has 1 aliphatic heterocycles. The van der Waals surface area contributed by atoms with Crippen LogP contribution in [0.3, 0.4) is 0 Å². The first-order chi connectivity index (χ1) is 9.33. The summed E-state index contributed by atoms with van der Waals surface area (Å²) in [5.74, 6) is -0.778. The van der Waals surface area contributed by atoms with Crippen molar-refractivity contribution in [3.8, 4) is 0 Å². The summed E-state index contributed by atoms with van der Waals surface area (Å²) in [6.45, 7) is 7.60. The Bertz CT molecular complexity index is 393. The summed E-state index contributed by atoms with van der Waals surface area (Å²) in [7, 11) is 0. The molecule has 20 heavy (non-hydrogen) atoms. The summed E-state index contributed by atoms with van der Waals surface area (Å²) < 4.78 is 4.76. The van der Waals surface area contributed by atoms with Gasteiger partial charge in [-0.05, 0) is 33.6 Å². The van der Waals surface area contributed by atoms with E-state index in [0.29, 0.717) is 12.8 Å². The van der Waals surface area contributed by atoms with Gasteiger partial charge in [-0.2, -0.15) is 0 Å². The number of amides is 2. The van der Waals surface area contributed by atoms with Gasteiger partial charge in [0.2, 0.25) is 11.8 Å². The van der Waals surface area contributed by atoms with Crippen molar-refractivity contribution in [2.24, 2.45) is 0 Å². The van der Waals surface area contributed by atoms with Gasteiger partial charge in [0, 0.05) is 12.0 Å². The number of likely N-dealkylation sites (tertiary alicyclic amines) is 1. The molecule has 0 spiro atoms. The number of hydrogen-bond donors (Lipinski definition) is 1. The molecule has 0 radical (unpaired) electrons. The highest BCUT2D eigenvalue weighted by molar-refractivity contribution is 5.90. The summed E-state index contributed by atoms with van der Waals surface area (Å²) in [4.78, 5) is 37.1. The number of nitrogens with zero attached hydrogens (tertiary/aromatic N) is 1. The maximum Gasteiger partial charge on any atom is 0.325 e. The summed E-state index contributed by atoms with van der Waals surface area (Å²) in [6, 6.07) is -0.533. The molecule has 2 amide bonds. The molecule has 6 nitrogen and oxygen atoms in total. The predicted molar refractivity (Wildman–Crippen MR) is 73.9 cm³/mol. The SMILES string of the molecule is CCOC(=O)CNC(=O)C(CC)N1C(=O)CCC1(C)C. The van der Waals surface area contributed by atoms with Crippen molar-refractivity contribution in [3.63, 3.8) is 0 Å². The second-order valence-electron chi connectivity index (χ2n) is 5.52. The Balaban J connectivity index is 2.68. The van der Waals surface area contributed by atoms with E-state index in [9.17, 15) is 14.4 Å². The highest BCUT2D eigenvalue weighted by atomic mass is 16.5. The van der Waals surface area contributed by atoms with Gasteiger partial charge < -0.3 is 15.0 Å². The molecule has 1 N–H and O–H groups in total. The average Bonchev–Trinajstić information content (AvgIpc) is 2.64. The van der Waals surface area contributed by atoms with Crippen LogP contribution < -0.4 is 5.32 Å². The monoisotopic (exact) mass is 284 g/mol. The van der Waals surface area contributed by atoms with Crippen molar-refractivity contribution in [1.82, 2.24) is 10.2 Å². The summed E-state index contributed by atoms with van der Waals surface area (Å²) in [5.41, 5.74) is -0.320. The first-order valence-electron chi connectivity index (χ1n) is 7.09. The van der Waals surface area contributed by atoms with Crippen LogP contribution in [0.1, 0.15) is 47.0 Å². The van der Waals surface area contributed by atoms with Crippen LogP contribution in [-0.4, -0.2) is 47.4 Å². The molecule has 0 bridgehead atoms. The Morgan fingerprint density at radius 1 is 1.40 bits per heavy atom. The largest absolute Gasteiger partial charge is 0.465 e. The minimum atomic E-state index is -0.533. The fraction of sp³-hybridized carbons (Fsp3) is 0.786. The Labute approximate surface area is 119 Å². The molecule has 1 atom stereocenters. The van der Waals surface area contributed by atoms with Gasteiger partial charge in [-0.25, -0.2) is 0 Å². The molecule has 0 aromatic heterocycles. The van der Waals surface area contributed by atoms with Crippen LogP contribution in [0.4, 0.5) is 0 Å². The number of hydrogen-bond acceptors (Lipinski definition) is 4. The van der Waals surface area contributed by atoms with Gasteiger partial charge >= 0.3 is 5.97 Å². The quantitative estimate of drug-likeness (QED) is 0.734. The molecule has 1 aliphatic rings. The molecular weight excluding hydrogens is 260 g/mol. The van der Waals surface area contributed by atoms with Gasteiger partial charge in [0.15, 0.2) is 0 Å². The van der Waals surface area contributed by atoms with E-state index in [1.165, 1.54) is 0 Å². The fourth-order valence-corrected chi connectivity index (χ4v) is 2.56. The first kappa shape index (κ1) is 16.5. The Kier molecular flexibility index (Phi) is 5.53. The molecule has 1 saturated heterocycles. The van der Waals surface area contributed by atoms with E-state index in [1.807, 2.05) is 20.8 Å². The van der Waals surface area contributed by atoms with Crippen molar-refractivity contribution in [2.45, 2.75) is 58.5 Å². The Hall–Kier alpha value is -1.59. The third kappa shape index (κ3) is 3.71. The van der Waals surface area contributed by atoms with E-state index >= 15 is 0 Å². The maximum atomic E-state index is 12.2. The van der Waals surface area contributed by atoms with Gasteiger partial charge in [-0.15, -0.1) is 0 Å². The number of carbonyl (C=O) groups excluding carboxylic acids is 3. The Morgan fingerprint density at radius 2 is 2.05 bits per heavy atom. The standard InChI is InChI=1S/C14H24N2O4/c1-5-10(13(19)15-9-12(18)20-6-2)16-11(17)7-8-14(16,3)4/h10H,5-9H2,1-4H3,(H,15,19). The topological polar surface area (TPSA) is 75.7 Å². The first-order valence-corrected chi connectivity index (χ1v) is 7.09. The van der Waals surface area contributed by atoms with E-state index in [4.69, 9.17) is 4.74 Å². The smallest absolute Gasteiger partial charge is 0.325 e. The van der Waals surface area contributed by atoms with Crippen LogP contribution in [0.25, 0.3) is 0 Å². The van der Waals surface area contributed by atoms with E-state index in [2.05, 4.69) is 5.32 Å². The van der Waals surface area contributed by atoms with Crippen LogP contribution in [0.2, 0.25) is 0 Å². The Morgan fingerprint density at radius 3 is 2.50 bits per heavy atom. The van der Waals surface area contributed by atoms with E-state index in [0.717, 1.165) is 6.42 Å². The summed E-state index contributed by atoms with van der Waals surface area (Å²) >= 11 is 0. The molecule has 114 valence electrons. The molecule has 1 rings (SSSR count). The van der Waals surface area contributed by atoms with Crippen LogP contribution in [0.15, 0.2) is 0 Å². The van der Waals surface area contributed by atoms with Gasteiger partial charge in [-0.3, -0.25) is 14.4 Å². The van der Waals surface area contributed by atoms with Gasteiger partial charge in [0.25, 0.3) is 0 Å². The zero-order chi connectivity index (χ0) is 15.3. The molecular formula is C14H24N2O4. The average molecular weight is 284 g/mol. The lowest BCUT2D eigenvalue weighted by atomic mass is 9.99. The van der Waals surface area contributed by atoms with Crippen molar-refractivity contribution < 1.29 is 19.1 Å². The highest BCUT2D eigenvalue weighted by Gasteiger charge is 2.43. The lowest BCUT2D eigenvalue weighted by Gasteiger charge is -2.37. The molecule has 1 heterocycles. The molecule has 0 aromatic carbocycles. The van der Waals surface area contributed by atoms with Crippen molar-refractivity contribution in [2.75, 3.05) is 13.2 Å². The maximum absolute atomic E-state index is 12.2. The summed E-state index contributed by atoms with van der Waals surface area (Å²) in [6.07, 6.45) is 1.73. The van der Waals surface area contributed by atoms with E-state index in [1.54, 1.807) is 11.8 Å². The third-order valence-electron chi connectivity index (χ3n) is 3.58. The highest BCUT2D eigenvalue weighted by Crippen LogP contribution is 2.32. The minimum Gasteiger partial charge on any atom is -0.465 e. The normalized spacial score (nSPS) is 18.8. The van der Waals surface area contributed by atoms with Gasteiger partial charge in [-0.1, -0.05) is 6.92 Å². The molecule has 1 fully saturated rings. The predicted octanol–water partition coefficient (Wildman–Crippen LogP) is 0.845. The van der Waals surface area contributed by atoms with Crippen LogP contribution in [0, 0.1) is 0 Å². The number of nitrogens with one attached hydrogen (secondary N) is 1. The summed E-state index contributed by atoms with van der Waals surface area (Å²) in [5, 5.41) is 2.55. The molecule has 6 heteroatoms. The molecule has 1 unspecified atom stereocenters. The lowest BCUT2D eigenvalue weighted by Crippen LogP contribution is -2.54. The van der Waals surface area contributed by atoms with Crippen molar-refractivity contribution in [3.05, 3.63) is 0 Å². The van der Waals surface area contributed by atoms with Crippen LogP contribution in [0.5, 0.6) is 0 Å². The second kappa shape index (κ2) is 6.72. The fourth-order valence-electron chi connectivity index (χ4n) is 2.56. The molecule has 0 aliphatic carbocycles. The number of rotatable bonds is 6. The number of esters is 1. The molecule has 0 saturated carbocycles. The lowest BCUT2D eigenvalue weighted by molar-refractivity contribution is -0.145. The second-order valence-corrected chi connectivity index (χ2v) is 5.52. The van der Waals surface area contributed by atoms with Crippen LogP contribution in [-0.2, 0) is 19.1 Å². The van der Waals surface area contributed by atoms with Gasteiger partial charge in [0.1, 0.15) is 12.6 Å². The van der Waals surface area contributed by atoms with Crippen LogP contribution >= 0.6 is 0 Å².